The number of carbonyl (C=O) groups is 1. The Kier molecular flexibility index (Phi) is 4.60. The Morgan fingerprint density at radius 1 is 1.40 bits per heavy atom. The third kappa shape index (κ3) is 3.60. The lowest BCUT2D eigenvalue weighted by molar-refractivity contribution is -0.138. The third-order valence-electron chi connectivity index (χ3n) is 2.97. The fourth-order valence-corrected chi connectivity index (χ4v) is 2.41. The summed E-state index contributed by atoms with van der Waals surface area (Å²) in [5, 5.41) is 18.8. The van der Waals surface area contributed by atoms with Crippen molar-refractivity contribution >= 4 is 5.97 Å². The minimum absolute atomic E-state index is 0.161. The molecule has 0 aliphatic heterocycles. The van der Waals surface area contributed by atoms with Crippen LogP contribution in [0.15, 0.2) is 10.9 Å². The lowest BCUT2D eigenvalue weighted by atomic mass is 10.1. The van der Waals surface area contributed by atoms with Gasteiger partial charge in [0, 0.05) is 23.8 Å². The van der Waals surface area contributed by atoms with Crippen LogP contribution in [0.25, 0.3) is 0 Å². The molecule has 1 aromatic heterocycles. The molecule has 0 atom stereocenters. The van der Waals surface area contributed by atoms with Crippen LogP contribution >= 0.6 is 0 Å². The molecule has 6 heteroatoms. The van der Waals surface area contributed by atoms with Gasteiger partial charge in [-0.1, -0.05) is 0 Å². The Balaban J connectivity index is 3.36. The molecule has 0 saturated heterocycles. The average molecular weight is 282 g/mol. The number of rotatable bonds is 4. The second-order valence-electron chi connectivity index (χ2n) is 6.02. The first kappa shape index (κ1) is 16.2. The molecule has 0 aliphatic rings. The van der Waals surface area contributed by atoms with Crippen molar-refractivity contribution in [3.63, 3.8) is 0 Å². The number of pyridine rings is 1. The summed E-state index contributed by atoms with van der Waals surface area (Å²) in [6, 6.07) is 1.39. The molecule has 0 aromatic carbocycles. The molecular formula is C14H22N2O4. The summed E-state index contributed by atoms with van der Waals surface area (Å²) in [4.78, 5) is 24.0. The summed E-state index contributed by atoms with van der Waals surface area (Å²) in [5.74, 6) is -1.27. The first-order chi connectivity index (χ1) is 9.04. The van der Waals surface area contributed by atoms with Gasteiger partial charge in [-0.3, -0.25) is 14.5 Å². The summed E-state index contributed by atoms with van der Waals surface area (Å²) in [5.41, 5.74) is 0.404. The van der Waals surface area contributed by atoms with Gasteiger partial charge < -0.3 is 14.8 Å². The van der Waals surface area contributed by atoms with Gasteiger partial charge in [0.15, 0.2) is 5.75 Å². The Bertz CT molecular complexity index is 570. The molecule has 0 amide bonds. The Labute approximate surface area is 118 Å². The monoisotopic (exact) mass is 282 g/mol. The summed E-state index contributed by atoms with van der Waals surface area (Å²) in [6.45, 7) is 7.71. The zero-order valence-corrected chi connectivity index (χ0v) is 12.6. The number of aliphatic carboxylic acids is 1. The van der Waals surface area contributed by atoms with Gasteiger partial charge in [0.2, 0.25) is 5.43 Å². The Morgan fingerprint density at radius 2 is 1.95 bits per heavy atom. The summed E-state index contributed by atoms with van der Waals surface area (Å²) < 4.78 is 1.86. The first-order valence-corrected chi connectivity index (χ1v) is 6.39. The molecule has 0 saturated carbocycles. The Hall–Kier alpha value is -1.82. The highest BCUT2D eigenvalue weighted by Gasteiger charge is 2.23. The molecule has 0 bridgehead atoms. The van der Waals surface area contributed by atoms with E-state index < -0.39 is 11.4 Å². The third-order valence-corrected chi connectivity index (χ3v) is 2.97. The second-order valence-corrected chi connectivity index (χ2v) is 6.02. The maximum Gasteiger partial charge on any atom is 0.317 e. The van der Waals surface area contributed by atoms with Crippen LogP contribution in [0.4, 0.5) is 0 Å². The van der Waals surface area contributed by atoms with Crippen molar-refractivity contribution in [3.05, 3.63) is 27.7 Å². The number of aromatic nitrogens is 1. The van der Waals surface area contributed by atoms with Gasteiger partial charge in [-0.25, -0.2) is 0 Å². The first-order valence-electron chi connectivity index (χ1n) is 6.39. The van der Waals surface area contributed by atoms with E-state index in [1.54, 1.807) is 18.9 Å². The quantitative estimate of drug-likeness (QED) is 0.865. The van der Waals surface area contributed by atoms with Crippen molar-refractivity contribution in [1.29, 1.82) is 0 Å². The van der Waals surface area contributed by atoms with Crippen molar-refractivity contribution < 1.29 is 15.0 Å². The van der Waals surface area contributed by atoms with Crippen molar-refractivity contribution in [2.75, 3.05) is 13.6 Å². The number of aryl methyl sites for hydroxylation is 1. The van der Waals surface area contributed by atoms with E-state index in [1.165, 1.54) is 6.07 Å². The van der Waals surface area contributed by atoms with Crippen molar-refractivity contribution in [2.45, 2.75) is 39.8 Å². The molecule has 112 valence electrons. The van der Waals surface area contributed by atoms with E-state index in [1.807, 2.05) is 25.3 Å². The van der Waals surface area contributed by atoms with Gasteiger partial charge in [0.1, 0.15) is 0 Å². The topological polar surface area (TPSA) is 82.8 Å². The minimum Gasteiger partial charge on any atom is -0.503 e. The fourth-order valence-electron chi connectivity index (χ4n) is 2.41. The lowest BCUT2D eigenvalue weighted by Gasteiger charge is -2.31. The smallest absolute Gasteiger partial charge is 0.317 e. The van der Waals surface area contributed by atoms with E-state index in [0.29, 0.717) is 5.69 Å². The predicted octanol–water partition coefficient (Wildman–Crippen LogP) is 1.13. The average Bonchev–Trinajstić information content (AvgIpc) is 2.22. The fraction of sp³-hybridized carbons (Fsp3) is 0.571. The highest BCUT2D eigenvalue weighted by atomic mass is 16.4. The van der Waals surface area contributed by atoms with Gasteiger partial charge in [0.05, 0.1) is 12.2 Å². The molecule has 1 heterocycles. The van der Waals surface area contributed by atoms with Crippen LogP contribution in [0, 0.1) is 6.92 Å². The van der Waals surface area contributed by atoms with Crippen molar-refractivity contribution in [1.82, 2.24) is 9.47 Å². The maximum atomic E-state index is 11.7. The van der Waals surface area contributed by atoms with Gasteiger partial charge >= 0.3 is 5.97 Å². The van der Waals surface area contributed by atoms with Gasteiger partial charge in [-0.05, 0) is 34.7 Å². The van der Waals surface area contributed by atoms with Crippen LogP contribution in [0.3, 0.4) is 0 Å². The highest BCUT2D eigenvalue weighted by Crippen LogP contribution is 2.24. The molecule has 0 unspecified atom stereocenters. The second kappa shape index (κ2) is 5.66. The number of hydrogen-bond acceptors (Lipinski definition) is 4. The highest BCUT2D eigenvalue weighted by molar-refractivity contribution is 5.69. The standard InChI is InChI=1S/C14H22N2O4/c1-9-6-11(17)13(20)10(16(9)14(2,3)4)7-15(5)8-12(18)19/h6,20H,7-8H2,1-5H3,(H,18,19). The van der Waals surface area contributed by atoms with Gasteiger partial charge in [-0.2, -0.15) is 0 Å². The molecule has 0 radical (unpaired) electrons. The summed E-state index contributed by atoms with van der Waals surface area (Å²) in [6.07, 6.45) is 0. The maximum absolute atomic E-state index is 11.7. The molecule has 6 nitrogen and oxygen atoms in total. The van der Waals surface area contributed by atoms with Crippen LogP contribution in [-0.4, -0.2) is 39.2 Å². The lowest BCUT2D eigenvalue weighted by Crippen LogP contribution is -2.33. The molecule has 1 aromatic rings. The van der Waals surface area contributed by atoms with Crippen LogP contribution < -0.4 is 5.43 Å². The normalized spacial score (nSPS) is 11.9. The van der Waals surface area contributed by atoms with Crippen LogP contribution in [0.2, 0.25) is 0 Å². The number of aromatic hydroxyl groups is 1. The number of carboxylic acid groups (broad SMARTS) is 1. The van der Waals surface area contributed by atoms with Crippen LogP contribution in [0.5, 0.6) is 5.75 Å². The van der Waals surface area contributed by atoms with Crippen molar-refractivity contribution in [2.24, 2.45) is 0 Å². The minimum atomic E-state index is -0.954. The predicted molar refractivity (Wildman–Crippen MR) is 76.1 cm³/mol. The molecule has 0 aliphatic carbocycles. The Morgan fingerprint density at radius 3 is 2.40 bits per heavy atom. The van der Waals surface area contributed by atoms with E-state index >= 15 is 0 Å². The SMILES string of the molecule is Cc1cc(=O)c(O)c(CN(C)CC(=O)O)n1C(C)(C)C. The molecule has 2 N–H and O–H groups in total. The largest absolute Gasteiger partial charge is 0.503 e. The number of hydrogen-bond donors (Lipinski definition) is 2. The molecule has 0 spiro atoms. The molecule has 0 fully saturated rings. The van der Waals surface area contributed by atoms with E-state index in [2.05, 4.69) is 0 Å². The zero-order chi connectivity index (χ0) is 15.7. The van der Waals surface area contributed by atoms with E-state index in [-0.39, 0.29) is 24.4 Å². The molecular weight excluding hydrogens is 260 g/mol. The van der Waals surface area contributed by atoms with Crippen LogP contribution in [0.1, 0.15) is 32.2 Å². The summed E-state index contributed by atoms with van der Waals surface area (Å²) >= 11 is 0. The zero-order valence-electron chi connectivity index (χ0n) is 12.6. The number of nitrogens with zero attached hydrogens (tertiary/aromatic N) is 2. The van der Waals surface area contributed by atoms with E-state index in [0.717, 1.165) is 5.69 Å². The van der Waals surface area contributed by atoms with Gasteiger partial charge in [-0.15, -0.1) is 0 Å². The van der Waals surface area contributed by atoms with E-state index in [9.17, 15) is 14.7 Å². The van der Waals surface area contributed by atoms with Crippen molar-refractivity contribution in [3.8, 4) is 5.75 Å². The van der Waals surface area contributed by atoms with E-state index in [4.69, 9.17) is 5.11 Å². The molecule has 20 heavy (non-hydrogen) atoms. The summed E-state index contributed by atoms with van der Waals surface area (Å²) in [7, 11) is 1.63. The van der Waals surface area contributed by atoms with Gasteiger partial charge in [0.25, 0.3) is 0 Å². The number of likely N-dealkylation sites (N-methyl/N-ethyl adjacent to an activating group) is 1. The van der Waals surface area contributed by atoms with Crippen LogP contribution in [-0.2, 0) is 16.9 Å². The molecule has 1 rings (SSSR count). The number of carboxylic acids is 1.